The van der Waals surface area contributed by atoms with Gasteiger partial charge >= 0.3 is 7.82 Å². The van der Waals surface area contributed by atoms with Crippen molar-refractivity contribution in [3.8, 4) is 0 Å². The van der Waals surface area contributed by atoms with Gasteiger partial charge < -0.3 is 26.2 Å². The van der Waals surface area contributed by atoms with Gasteiger partial charge in [-0.2, -0.15) is 0 Å². The van der Waals surface area contributed by atoms with Crippen LogP contribution in [0.15, 0.2) is 60.8 Å². The molecule has 0 fully saturated rings. The summed E-state index contributed by atoms with van der Waals surface area (Å²) in [7, 11) is -4.42. The van der Waals surface area contributed by atoms with Crippen LogP contribution in [0.2, 0.25) is 0 Å². The third kappa shape index (κ3) is 38.8. The number of unbranched alkanes of at least 4 members (excludes halogenated alkanes) is 19. The number of allylic oxidation sites excluding steroid dienone is 9. The van der Waals surface area contributed by atoms with Crippen molar-refractivity contribution in [2.75, 3.05) is 19.8 Å². The molecular weight excluding hydrogens is 711 g/mol. The first-order valence-corrected chi connectivity index (χ1v) is 23.5. The van der Waals surface area contributed by atoms with Crippen molar-refractivity contribution in [1.82, 2.24) is 5.32 Å². The molecule has 0 spiro atoms. The van der Waals surface area contributed by atoms with Crippen molar-refractivity contribution in [3.05, 3.63) is 60.8 Å². The zero-order valence-electron chi connectivity index (χ0n) is 35.0. The summed E-state index contributed by atoms with van der Waals surface area (Å²) in [5.41, 5.74) is 5.36. The second-order valence-corrected chi connectivity index (χ2v) is 16.2. The van der Waals surface area contributed by atoms with Gasteiger partial charge in [0, 0.05) is 6.54 Å². The predicted octanol–water partition coefficient (Wildman–Crippen LogP) is 11.2. The summed E-state index contributed by atoms with van der Waals surface area (Å²) >= 11 is 0. The quantitative estimate of drug-likeness (QED) is 0.0178. The summed E-state index contributed by atoms with van der Waals surface area (Å²) in [6.07, 6.45) is 47.4. The third-order valence-corrected chi connectivity index (χ3v) is 10.4. The number of rotatable bonds is 40. The largest absolute Gasteiger partial charge is 0.472 e. The summed E-state index contributed by atoms with van der Waals surface area (Å²) in [5, 5.41) is 24.0. The van der Waals surface area contributed by atoms with Crippen molar-refractivity contribution in [1.29, 1.82) is 0 Å². The van der Waals surface area contributed by atoms with Crippen LogP contribution in [0.25, 0.3) is 0 Å². The van der Waals surface area contributed by atoms with Crippen LogP contribution in [0.5, 0.6) is 0 Å². The highest BCUT2D eigenvalue weighted by Crippen LogP contribution is 2.43. The molecule has 320 valence electrons. The highest BCUT2D eigenvalue weighted by molar-refractivity contribution is 7.47. The highest BCUT2D eigenvalue weighted by Gasteiger charge is 2.27. The van der Waals surface area contributed by atoms with Gasteiger partial charge in [0.15, 0.2) is 0 Å². The topological polar surface area (TPSA) is 151 Å². The molecule has 4 atom stereocenters. The van der Waals surface area contributed by atoms with E-state index in [4.69, 9.17) is 14.8 Å². The molecule has 0 rings (SSSR count). The first-order valence-electron chi connectivity index (χ1n) is 22.0. The van der Waals surface area contributed by atoms with Crippen LogP contribution in [0.4, 0.5) is 0 Å². The molecule has 0 aliphatic carbocycles. The smallest absolute Gasteiger partial charge is 0.393 e. The minimum atomic E-state index is -4.42. The molecule has 0 aromatic heterocycles. The number of nitrogens with one attached hydrogen (secondary N) is 1. The molecular formula is C45H83N2O7P. The van der Waals surface area contributed by atoms with Gasteiger partial charge in [0.1, 0.15) is 0 Å². The number of aliphatic hydroxyl groups excluding tert-OH is 2. The molecule has 0 aliphatic rings. The number of aliphatic hydroxyl groups is 2. The lowest BCUT2D eigenvalue weighted by molar-refractivity contribution is -0.124. The van der Waals surface area contributed by atoms with E-state index in [1.54, 1.807) is 6.08 Å². The Bertz CT molecular complexity index is 1060. The van der Waals surface area contributed by atoms with E-state index in [0.717, 1.165) is 64.2 Å². The normalized spacial score (nSPS) is 15.2. The summed E-state index contributed by atoms with van der Waals surface area (Å²) in [6, 6.07) is -1.01. The summed E-state index contributed by atoms with van der Waals surface area (Å²) < 4.78 is 22.0. The van der Waals surface area contributed by atoms with Crippen LogP contribution < -0.4 is 11.1 Å². The standard InChI is InChI=1S/C45H83N2O7P/c1-3-5-7-9-11-13-15-17-18-19-20-21-22-23-25-27-29-31-33-35-37-44(49)43(41-54-55(51,52)53-39-38-46)47-45(50)40-42(48)36-34-32-30-28-26-24-16-14-12-10-8-6-4-2/h12,14,16,21-22,24,27,29,35,37,42-44,48-49H,3-11,13,15,17-20,23,25-26,28,30-34,36,38-41,46H2,1-2H3,(H,47,50)(H,51,52)/b14-12-,22-21+,24-16-,29-27+,37-35+. The van der Waals surface area contributed by atoms with E-state index in [1.165, 1.54) is 83.5 Å². The Morgan fingerprint density at radius 2 is 1.09 bits per heavy atom. The van der Waals surface area contributed by atoms with Crippen LogP contribution in [-0.4, -0.2) is 59.0 Å². The molecule has 0 aromatic rings. The lowest BCUT2D eigenvalue weighted by atomic mass is 10.0. The van der Waals surface area contributed by atoms with E-state index in [1.807, 2.05) is 6.08 Å². The number of hydrogen-bond acceptors (Lipinski definition) is 7. The van der Waals surface area contributed by atoms with Crippen molar-refractivity contribution >= 4 is 13.7 Å². The maximum Gasteiger partial charge on any atom is 0.472 e. The molecule has 0 bridgehead atoms. The average molecular weight is 795 g/mol. The molecule has 55 heavy (non-hydrogen) atoms. The van der Waals surface area contributed by atoms with Gasteiger partial charge in [-0.05, 0) is 70.6 Å². The SMILES string of the molecule is CCCCC/C=C\C=C/CCCCCCC(O)CC(=O)NC(COP(=O)(O)OCCN)C(O)/C=C/CC/C=C/CC/C=C/CCCCCCCCCCCC. The van der Waals surface area contributed by atoms with Crippen molar-refractivity contribution in [2.24, 2.45) is 5.73 Å². The molecule has 0 saturated heterocycles. The molecule has 6 N–H and O–H groups in total. The number of amides is 1. The summed E-state index contributed by atoms with van der Waals surface area (Å²) in [5.74, 6) is -0.474. The lowest BCUT2D eigenvalue weighted by Gasteiger charge is -2.24. The number of phosphoric ester groups is 1. The van der Waals surface area contributed by atoms with Gasteiger partial charge in [0.2, 0.25) is 5.91 Å². The Hall–Kier alpha value is -1.84. The zero-order chi connectivity index (χ0) is 40.5. The number of nitrogens with two attached hydrogens (primary N) is 1. The fourth-order valence-electron chi connectivity index (χ4n) is 6.02. The lowest BCUT2D eigenvalue weighted by Crippen LogP contribution is -2.46. The zero-order valence-corrected chi connectivity index (χ0v) is 35.9. The van der Waals surface area contributed by atoms with E-state index in [9.17, 15) is 24.5 Å². The van der Waals surface area contributed by atoms with E-state index < -0.39 is 38.6 Å². The molecule has 4 unspecified atom stereocenters. The fourth-order valence-corrected chi connectivity index (χ4v) is 6.78. The number of carbonyl (C=O) groups is 1. The van der Waals surface area contributed by atoms with Crippen LogP contribution in [-0.2, 0) is 18.4 Å². The van der Waals surface area contributed by atoms with Crippen LogP contribution in [0.3, 0.4) is 0 Å². The molecule has 0 aromatic carbocycles. The monoisotopic (exact) mass is 795 g/mol. The Morgan fingerprint density at radius 1 is 0.636 bits per heavy atom. The predicted molar refractivity (Wildman–Crippen MR) is 232 cm³/mol. The Balaban J connectivity index is 4.44. The van der Waals surface area contributed by atoms with E-state index in [0.29, 0.717) is 12.8 Å². The number of phosphoric acid groups is 1. The molecule has 0 aliphatic heterocycles. The van der Waals surface area contributed by atoms with Crippen LogP contribution in [0, 0.1) is 0 Å². The average Bonchev–Trinajstić information content (AvgIpc) is 3.16. The maximum atomic E-state index is 12.8. The molecule has 0 saturated carbocycles. The molecule has 9 nitrogen and oxygen atoms in total. The van der Waals surface area contributed by atoms with E-state index in [-0.39, 0.29) is 19.6 Å². The molecule has 0 radical (unpaired) electrons. The molecule has 1 amide bonds. The Morgan fingerprint density at radius 3 is 1.65 bits per heavy atom. The van der Waals surface area contributed by atoms with Crippen LogP contribution >= 0.6 is 7.82 Å². The summed E-state index contributed by atoms with van der Waals surface area (Å²) in [6.45, 7) is 3.89. The van der Waals surface area contributed by atoms with Crippen LogP contribution in [0.1, 0.15) is 181 Å². The Kier molecular flexibility index (Phi) is 39.0. The number of hydrogen-bond donors (Lipinski definition) is 5. The van der Waals surface area contributed by atoms with Crippen molar-refractivity contribution in [3.63, 3.8) is 0 Å². The van der Waals surface area contributed by atoms with Gasteiger partial charge in [-0.1, -0.05) is 164 Å². The van der Waals surface area contributed by atoms with Gasteiger partial charge in [-0.3, -0.25) is 13.8 Å². The van der Waals surface area contributed by atoms with Gasteiger partial charge in [-0.15, -0.1) is 0 Å². The van der Waals surface area contributed by atoms with Crippen molar-refractivity contribution in [2.45, 2.75) is 199 Å². The molecule has 0 heterocycles. The van der Waals surface area contributed by atoms with Crippen molar-refractivity contribution < 1.29 is 33.5 Å². The second kappa shape index (κ2) is 40.4. The first kappa shape index (κ1) is 53.2. The number of carbonyl (C=O) groups excluding carboxylic acids is 1. The van der Waals surface area contributed by atoms with E-state index >= 15 is 0 Å². The Labute approximate surface area is 337 Å². The van der Waals surface area contributed by atoms with E-state index in [2.05, 4.69) is 67.8 Å². The van der Waals surface area contributed by atoms with Gasteiger partial charge in [0.05, 0.1) is 37.9 Å². The minimum Gasteiger partial charge on any atom is -0.393 e. The third-order valence-electron chi connectivity index (χ3n) is 9.38. The summed E-state index contributed by atoms with van der Waals surface area (Å²) in [4.78, 5) is 22.7. The van der Waals surface area contributed by atoms with Gasteiger partial charge in [-0.25, -0.2) is 4.57 Å². The van der Waals surface area contributed by atoms with Gasteiger partial charge in [0.25, 0.3) is 0 Å². The minimum absolute atomic E-state index is 0.0375. The second-order valence-electron chi connectivity index (χ2n) is 14.7. The molecule has 10 heteroatoms. The first-order chi connectivity index (χ1) is 26.8. The highest BCUT2D eigenvalue weighted by atomic mass is 31.2. The maximum absolute atomic E-state index is 12.8. The fraction of sp³-hybridized carbons (Fsp3) is 0.756.